The van der Waals surface area contributed by atoms with Gasteiger partial charge in [0.15, 0.2) is 5.75 Å². The lowest BCUT2D eigenvalue weighted by Crippen LogP contribution is -2.28. The first kappa shape index (κ1) is 20.9. The number of hydrogen-bond donors (Lipinski definition) is 0. The van der Waals surface area contributed by atoms with E-state index in [-0.39, 0.29) is 21.4 Å². The van der Waals surface area contributed by atoms with Crippen LogP contribution in [0.15, 0.2) is 65.6 Å². The summed E-state index contributed by atoms with van der Waals surface area (Å²) in [6.07, 6.45) is 0. The highest BCUT2D eigenvalue weighted by molar-refractivity contribution is 7.88. The minimum atomic E-state index is -5.94. The van der Waals surface area contributed by atoms with E-state index in [0.717, 1.165) is 17.7 Å². The number of aryl methyl sites for hydroxylation is 1. The molecule has 0 bridgehead atoms. The Balaban J connectivity index is 2.08. The van der Waals surface area contributed by atoms with E-state index >= 15 is 0 Å². The number of benzene rings is 3. The second-order valence-electron chi connectivity index (χ2n) is 5.98. The summed E-state index contributed by atoms with van der Waals surface area (Å²) in [6.45, 7) is 1.76. The number of halogens is 3. The number of hydrogen-bond acceptors (Lipinski definition) is 6. The third kappa shape index (κ3) is 4.46. The Morgan fingerprint density at radius 1 is 0.828 bits per heavy atom. The molecular weight excluding hydrogens is 433 g/mol. The molecule has 0 atom stereocenters. The molecule has 154 valence electrons. The summed E-state index contributed by atoms with van der Waals surface area (Å²) in [5.41, 5.74) is -4.84. The zero-order valence-corrected chi connectivity index (χ0v) is 16.3. The first-order chi connectivity index (χ1) is 13.4. The van der Waals surface area contributed by atoms with E-state index in [1.807, 2.05) is 0 Å². The largest absolute Gasteiger partial charge is 0.534 e. The molecule has 29 heavy (non-hydrogen) atoms. The molecule has 0 aliphatic heterocycles. The van der Waals surface area contributed by atoms with Crippen molar-refractivity contribution in [2.45, 2.75) is 17.3 Å². The predicted octanol–water partition coefficient (Wildman–Crippen LogP) is 4.14. The Labute approximate surface area is 164 Å². The maximum atomic E-state index is 12.6. The molecule has 6 nitrogen and oxygen atoms in total. The fraction of sp³-hybridized carbons (Fsp3) is 0.111. The highest BCUT2D eigenvalue weighted by Crippen LogP contribution is 2.35. The highest BCUT2D eigenvalue weighted by atomic mass is 32.2. The van der Waals surface area contributed by atoms with Gasteiger partial charge in [-0.25, -0.2) is 0 Å². The summed E-state index contributed by atoms with van der Waals surface area (Å²) in [4.78, 5) is -0.179. The summed E-state index contributed by atoms with van der Waals surface area (Å²) in [5, 5.41) is 0.455. The molecule has 0 aromatic heterocycles. The average Bonchev–Trinajstić information content (AvgIpc) is 2.60. The van der Waals surface area contributed by atoms with Crippen LogP contribution >= 0.6 is 0 Å². The van der Waals surface area contributed by atoms with Crippen LogP contribution in [0.1, 0.15) is 5.56 Å². The van der Waals surface area contributed by atoms with E-state index in [0.29, 0.717) is 0 Å². The molecule has 0 saturated carbocycles. The average molecular weight is 446 g/mol. The van der Waals surface area contributed by atoms with Crippen LogP contribution in [0.25, 0.3) is 10.8 Å². The van der Waals surface area contributed by atoms with Gasteiger partial charge in [0.25, 0.3) is 0 Å². The number of fused-ring (bicyclic) bond motifs is 1. The molecule has 3 aromatic carbocycles. The van der Waals surface area contributed by atoms with Crippen molar-refractivity contribution in [1.29, 1.82) is 0 Å². The molecule has 0 amide bonds. The molecule has 11 heteroatoms. The Morgan fingerprint density at radius 3 is 2.07 bits per heavy atom. The van der Waals surface area contributed by atoms with Crippen LogP contribution in [-0.2, 0) is 20.2 Å². The van der Waals surface area contributed by atoms with Crippen molar-refractivity contribution in [3.05, 3.63) is 66.2 Å². The monoisotopic (exact) mass is 446 g/mol. The molecular formula is C18H13F3O6S2. The van der Waals surface area contributed by atoms with E-state index < -0.39 is 31.5 Å². The summed E-state index contributed by atoms with van der Waals surface area (Å²) in [6, 6.07) is 13.5. The molecule has 0 radical (unpaired) electrons. The quantitative estimate of drug-likeness (QED) is 0.432. The zero-order chi connectivity index (χ0) is 21.4. The van der Waals surface area contributed by atoms with E-state index in [2.05, 4.69) is 4.18 Å². The molecule has 0 spiro atoms. The van der Waals surface area contributed by atoms with Crippen LogP contribution in [0.2, 0.25) is 0 Å². The zero-order valence-electron chi connectivity index (χ0n) is 14.7. The maximum Gasteiger partial charge on any atom is 0.534 e. The predicted molar refractivity (Wildman–Crippen MR) is 98.5 cm³/mol. The Morgan fingerprint density at radius 2 is 1.45 bits per heavy atom. The lowest BCUT2D eigenvalue weighted by atomic mass is 10.1. The van der Waals surface area contributed by atoms with Gasteiger partial charge in [0.1, 0.15) is 10.6 Å². The summed E-state index contributed by atoms with van der Waals surface area (Å²) in [5.74, 6) is -1.12. The Kier molecular flexibility index (Phi) is 5.22. The van der Waals surface area contributed by atoms with E-state index in [9.17, 15) is 30.0 Å². The summed E-state index contributed by atoms with van der Waals surface area (Å²) >= 11 is 0. The Hall–Kier alpha value is -2.79. The van der Waals surface area contributed by atoms with Gasteiger partial charge >= 0.3 is 25.7 Å². The molecule has 0 N–H and O–H groups in total. The van der Waals surface area contributed by atoms with Crippen molar-refractivity contribution in [1.82, 2.24) is 0 Å². The van der Waals surface area contributed by atoms with Crippen LogP contribution in [0.4, 0.5) is 13.2 Å². The van der Waals surface area contributed by atoms with E-state index in [4.69, 9.17) is 4.18 Å². The molecule has 0 saturated heterocycles. The smallest absolute Gasteiger partial charge is 0.378 e. The van der Waals surface area contributed by atoms with Gasteiger partial charge in [-0.2, -0.15) is 30.0 Å². The molecule has 0 unspecified atom stereocenters. The number of alkyl halides is 3. The standard InChI is InChI=1S/C18H13F3O6S2/c1-12-6-8-15(9-7-12)28(22,23)27-17-11-14(26-29(24,25)18(19,20)21)10-13-4-2-3-5-16(13)17/h2-11H,1H3. The van der Waals surface area contributed by atoms with Crippen molar-refractivity contribution in [2.75, 3.05) is 0 Å². The van der Waals surface area contributed by atoms with Gasteiger partial charge in [0.2, 0.25) is 0 Å². The van der Waals surface area contributed by atoms with Crippen molar-refractivity contribution in [3.8, 4) is 11.5 Å². The molecule has 0 aliphatic carbocycles. The minimum Gasteiger partial charge on any atom is -0.378 e. The molecule has 0 fully saturated rings. The molecule has 0 aliphatic rings. The Bertz CT molecular complexity index is 1270. The van der Waals surface area contributed by atoms with Gasteiger partial charge < -0.3 is 8.37 Å². The summed E-state index contributed by atoms with van der Waals surface area (Å²) < 4.78 is 94.8. The molecule has 3 aromatic rings. The van der Waals surface area contributed by atoms with Gasteiger partial charge in [-0.05, 0) is 30.5 Å². The van der Waals surface area contributed by atoms with Gasteiger partial charge in [-0.1, -0.05) is 42.0 Å². The minimum absolute atomic E-state index is 0.179. The van der Waals surface area contributed by atoms with Crippen LogP contribution in [-0.4, -0.2) is 22.3 Å². The van der Waals surface area contributed by atoms with Gasteiger partial charge in [-0.3, -0.25) is 0 Å². The van der Waals surface area contributed by atoms with Gasteiger partial charge in [-0.15, -0.1) is 0 Å². The fourth-order valence-electron chi connectivity index (χ4n) is 2.41. The second-order valence-corrected chi connectivity index (χ2v) is 9.06. The number of rotatable bonds is 5. The van der Waals surface area contributed by atoms with Gasteiger partial charge in [0, 0.05) is 11.5 Å². The van der Waals surface area contributed by atoms with Crippen LogP contribution in [0.5, 0.6) is 11.5 Å². The van der Waals surface area contributed by atoms with Crippen molar-refractivity contribution >= 4 is 31.0 Å². The first-order valence-corrected chi connectivity index (χ1v) is 10.8. The SMILES string of the molecule is Cc1ccc(S(=O)(=O)Oc2cc(OS(=O)(=O)C(F)(F)F)cc3ccccc23)cc1. The van der Waals surface area contributed by atoms with E-state index in [1.54, 1.807) is 25.1 Å². The molecule has 0 heterocycles. The van der Waals surface area contributed by atoms with Crippen molar-refractivity contribution in [2.24, 2.45) is 0 Å². The third-order valence-corrected chi connectivity index (χ3v) is 6.02. The topological polar surface area (TPSA) is 86.7 Å². The normalized spacial score (nSPS) is 12.7. The van der Waals surface area contributed by atoms with Gasteiger partial charge in [0.05, 0.1) is 0 Å². The fourth-order valence-corrected chi connectivity index (χ4v) is 3.80. The lowest BCUT2D eigenvalue weighted by Gasteiger charge is -2.13. The highest BCUT2D eigenvalue weighted by Gasteiger charge is 2.48. The second kappa shape index (κ2) is 7.23. The van der Waals surface area contributed by atoms with Crippen molar-refractivity contribution < 1.29 is 38.4 Å². The lowest BCUT2D eigenvalue weighted by molar-refractivity contribution is -0.0500. The van der Waals surface area contributed by atoms with Crippen LogP contribution < -0.4 is 8.37 Å². The maximum absolute atomic E-state index is 12.6. The summed E-state index contributed by atoms with van der Waals surface area (Å²) in [7, 11) is -10.3. The first-order valence-electron chi connectivity index (χ1n) is 7.94. The third-order valence-electron chi connectivity index (χ3n) is 3.80. The van der Waals surface area contributed by atoms with E-state index in [1.165, 1.54) is 30.3 Å². The van der Waals surface area contributed by atoms with Crippen LogP contribution in [0.3, 0.4) is 0 Å². The van der Waals surface area contributed by atoms with Crippen LogP contribution in [0, 0.1) is 6.92 Å². The van der Waals surface area contributed by atoms with Crippen molar-refractivity contribution in [3.63, 3.8) is 0 Å². The molecule has 3 rings (SSSR count).